The topological polar surface area (TPSA) is 55.3 Å². The van der Waals surface area contributed by atoms with Crippen molar-refractivity contribution >= 4 is 5.91 Å². The molecule has 1 amide bonds. The van der Waals surface area contributed by atoms with Crippen molar-refractivity contribution in [2.75, 3.05) is 13.1 Å². The second kappa shape index (κ2) is 6.46. The Morgan fingerprint density at radius 2 is 2.08 bits per heavy atom. The second-order valence-electron chi connectivity index (χ2n) is 5.42. The van der Waals surface area contributed by atoms with Gasteiger partial charge in [-0.05, 0) is 24.3 Å². The van der Waals surface area contributed by atoms with Crippen molar-refractivity contribution in [3.05, 3.63) is 53.7 Å². The number of carbonyl (C=O) groups is 1. The number of likely N-dealkylation sites (tertiary alicyclic amines) is 1. The van der Waals surface area contributed by atoms with Gasteiger partial charge in [-0.3, -0.25) is 4.79 Å². The molecule has 1 aliphatic heterocycles. The van der Waals surface area contributed by atoms with E-state index in [1.165, 1.54) is 23.2 Å². The molecule has 0 bridgehead atoms. The third kappa shape index (κ3) is 3.64. The van der Waals surface area contributed by atoms with Crippen molar-refractivity contribution < 1.29 is 22.7 Å². The molecule has 2 aromatic rings. The van der Waals surface area contributed by atoms with Crippen LogP contribution in [0.25, 0.3) is 0 Å². The standard InChI is InChI=1S/C16H14F3N3O2/c17-16(18,19)12-4-1-3-11(9-12)15(23)22-8-6-13(10-22)24-14-5-2-7-20-21-14/h1-5,7,9,13H,6,8,10H2. The summed E-state index contributed by atoms with van der Waals surface area (Å²) in [5, 5.41) is 7.51. The summed E-state index contributed by atoms with van der Waals surface area (Å²) < 4.78 is 43.9. The van der Waals surface area contributed by atoms with E-state index in [-0.39, 0.29) is 11.7 Å². The molecular weight excluding hydrogens is 323 g/mol. The van der Waals surface area contributed by atoms with Crippen LogP contribution in [-0.2, 0) is 6.18 Å². The van der Waals surface area contributed by atoms with Crippen LogP contribution < -0.4 is 4.74 Å². The lowest BCUT2D eigenvalue weighted by Gasteiger charge is -2.17. The number of hydrogen-bond donors (Lipinski definition) is 0. The smallest absolute Gasteiger partial charge is 0.416 e. The lowest BCUT2D eigenvalue weighted by molar-refractivity contribution is -0.137. The van der Waals surface area contributed by atoms with Crippen LogP contribution in [-0.4, -0.2) is 40.2 Å². The molecular formula is C16H14F3N3O2. The first-order valence-electron chi connectivity index (χ1n) is 7.34. The Bertz CT molecular complexity index is 722. The van der Waals surface area contributed by atoms with Crippen LogP contribution in [0.5, 0.6) is 5.88 Å². The number of rotatable bonds is 3. The van der Waals surface area contributed by atoms with Gasteiger partial charge in [-0.25, -0.2) is 0 Å². The first-order chi connectivity index (χ1) is 11.4. The molecule has 24 heavy (non-hydrogen) atoms. The third-order valence-electron chi connectivity index (χ3n) is 3.70. The van der Waals surface area contributed by atoms with Crippen molar-refractivity contribution in [1.82, 2.24) is 15.1 Å². The lowest BCUT2D eigenvalue weighted by Crippen LogP contribution is -2.31. The van der Waals surface area contributed by atoms with Gasteiger partial charge in [0.05, 0.1) is 12.1 Å². The Morgan fingerprint density at radius 1 is 1.25 bits per heavy atom. The zero-order valence-electron chi connectivity index (χ0n) is 12.5. The molecule has 0 saturated carbocycles. The number of carbonyl (C=O) groups excluding carboxylic acids is 1. The Kier molecular flexibility index (Phi) is 4.37. The number of alkyl halides is 3. The quantitative estimate of drug-likeness (QED) is 0.864. The molecule has 1 aliphatic rings. The molecule has 8 heteroatoms. The summed E-state index contributed by atoms with van der Waals surface area (Å²) in [6, 6.07) is 7.78. The van der Waals surface area contributed by atoms with Gasteiger partial charge in [-0.15, -0.1) is 5.10 Å². The zero-order valence-corrected chi connectivity index (χ0v) is 12.5. The highest BCUT2D eigenvalue weighted by Crippen LogP contribution is 2.30. The van der Waals surface area contributed by atoms with E-state index in [9.17, 15) is 18.0 Å². The number of amides is 1. The summed E-state index contributed by atoms with van der Waals surface area (Å²) >= 11 is 0. The fourth-order valence-electron chi connectivity index (χ4n) is 2.54. The van der Waals surface area contributed by atoms with Crippen molar-refractivity contribution in [2.45, 2.75) is 18.7 Å². The predicted octanol–water partition coefficient (Wildman–Crippen LogP) is 2.79. The Morgan fingerprint density at radius 3 is 2.79 bits per heavy atom. The van der Waals surface area contributed by atoms with Crippen molar-refractivity contribution in [1.29, 1.82) is 0 Å². The van der Waals surface area contributed by atoms with E-state index in [0.717, 1.165) is 12.1 Å². The van der Waals surface area contributed by atoms with Crippen LogP contribution in [0.15, 0.2) is 42.6 Å². The molecule has 1 fully saturated rings. The van der Waals surface area contributed by atoms with E-state index in [4.69, 9.17) is 4.74 Å². The average molecular weight is 337 g/mol. The molecule has 0 N–H and O–H groups in total. The summed E-state index contributed by atoms with van der Waals surface area (Å²) in [6.07, 6.45) is -2.62. The average Bonchev–Trinajstić information content (AvgIpc) is 3.03. The molecule has 2 heterocycles. The molecule has 126 valence electrons. The Balaban J connectivity index is 1.66. The summed E-state index contributed by atoms with van der Waals surface area (Å²) in [4.78, 5) is 13.9. The van der Waals surface area contributed by atoms with Crippen molar-refractivity contribution in [3.8, 4) is 5.88 Å². The molecule has 0 aliphatic carbocycles. The maximum atomic E-state index is 12.8. The van der Waals surface area contributed by atoms with Gasteiger partial charge in [0.15, 0.2) is 0 Å². The van der Waals surface area contributed by atoms with Crippen LogP contribution >= 0.6 is 0 Å². The van der Waals surface area contributed by atoms with E-state index in [2.05, 4.69) is 10.2 Å². The first kappa shape index (κ1) is 16.2. The lowest BCUT2D eigenvalue weighted by atomic mass is 10.1. The van der Waals surface area contributed by atoms with Gasteiger partial charge in [-0.2, -0.15) is 18.3 Å². The summed E-state index contributed by atoms with van der Waals surface area (Å²) in [5.41, 5.74) is -0.815. The molecule has 1 aromatic carbocycles. The van der Waals surface area contributed by atoms with Gasteiger partial charge in [0, 0.05) is 30.8 Å². The molecule has 1 aromatic heterocycles. The van der Waals surface area contributed by atoms with E-state index >= 15 is 0 Å². The second-order valence-corrected chi connectivity index (χ2v) is 5.42. The van der Waals surface area contributed by atoms with Crippen molar-refractivity contribution in [2.24, 2.45) is 0 Å². The number of nitrogens with zero attached hydrogens (tertiary/aromatic N) is 3. The van der Waals surface area contributed by atoms with Crippen LogP contribution in [0, 0.1) is 0 Å². The fraction of sp³-hybridized carbons (Fsp3) is 0.312. The highest BCUT2D eigenvalue weighted by Gasteiger charge is 2.33. The minimum absolute atomic E-state index is 0.0185. The summed E-state index contributed by atoms with van der Waals surface area (Å²) in [6.45, 7) is 0.714. The van der Waals surface area contributed by atoms with Crippen LogP contribution in [0.2, 0.25) is 0 Å². The number of benzene rings is 1. The van der Waals surface area contributed by atoms with Crippen LogP contribution in [0.4, 0.5) is 13.2 Å². The van der Waals surface area contributed by atoms with Crippen LogP contribution in [0.3, 0.4) is 0 Å². The highest BCUT2D eigenvalue weighted by molar-refractivity contribution is 5.94. The van der Waals surface area contributed by atoms with E-state index in [1.54, 1.807) is 12.1 Å². The molecule has 1 unspecified atom stereocenters. The number of ether oxygens (including phenoxy) is 1. The highest BCUT2D eigenvalue weighted by atomic mass is 19.4. The van der Waals surface area contributed by atoms with Gasteiger partial charge in [-0.1, -0.05) is 6.07 Å². The predicted molar refractivity (Wildman–Crippen MR) is 78.4 cm³/mol. The first-order valence-corrected chi connectivity index (χ1v) is 7.34. The van der Waals surface area contributed by atoms with E-state index < -0.39 is 17.6 Å². The molecule has 1 saturated heterocycles. The summed E-state index contributed by atoms with van der Waals surface area (Å²) in [5.74, 6) is -0.0813. The molecule has 5 nitrogen and oxygen atoms in total. The molecule has 3 rings (SSSR count). The number of halogens is 3. The monoisotopic (exact) mass is 337 g/mol. The van der Waals surface area contributed by atoms with Gasteiger partial charge >= 0.3 is 6.18 Å². The maximum absolute atomic E-state index is 12.8. The van der Waals surface area contributed by atoms with E-state index in [1.807, 2.05) is 0 Å². The maximum Gasteiger partial charge on any atom is 0.416 e. The van der Waals surface area contributed by atoms with Gasteiger partial charge in [0.25, 0.3) is 5.91 Å². The number of hydrogen-bond acceptors (Lipinski definition) is 4. The Hall–Kier alpha value is -2.64. The number of aromatic nitrogens is 2. The van der Waals surface area contributed by atoms with E-state index in [0.29, 0.717) is 25.4 Å². The SMILES string of the molecule is O=C(c1cccc(C(F)(F)F)c1)N1CCC(Oc2cccnn2)C1. The minimum atomic E-state index is -4.47. The largest absolute Gasteiger partial charge is 0.471 e. The van der Waals surface area contributed by atoms with Gasteiger partial charge in [0.2, 0.25) is 5.88 Å². The van der Waals surface area contributed by atoms with Gasteiger partial charge < -0.3 is 9.64 Å². The van der Waals surface area contributed by atoms with Crippen LogP contribution in [0.1, 0.15) is 22.3 Å². The molecule has 0 spiro atoms. The summed E-state index contributed by atoms with van der Waals surface area (Å²) in [7, 11) is 0. The fourth-order valence-corrected chi connectivity index (χ4v) is 2.54. The molecule has 0 radical (unpaired) electrons. The minimum Gasteiger partial charge on any atom is -0.471 e. The van der Waals surface area contributed by atoms with Gasteiger partial charge in [0.1, 0.15) is 6.10 Å². The molecule has 1 atom stereocenters. The zero-order chi connectivity index (χ0) is 17.2. The Labute approximate surface area is 136 Å². The third-order valence-corrected chi connectivity index (χ3v) is 3.70. The van der Waals surface area contributed by atoms with Crippen molar-refractivity contribution in [3.63, 3.8) is 0 Å². The normalized spacial score (nSPS) is 17.8.